The SMILES string of the molecule is COc1ccc(C2CC(c3ccccc3)=NN2C(=O)COC(=O)CC(C)C)cc1. The maximum Gasteiger partial charge on any atom is 0.306 e. The van der Waals surface area contributed by atoms with Crippen molar-refractivity contribution >= 4 is 17.6 Å². The number of rotatable bonds is 7. The number of esters is 1. The van der Waals surface area contributed by atoms with Crippen molar-refractivity contribution in [1.82, 2.24) is 5.01 Å². The van der Waals surface area contributed by atoms with Gasteiger partial charge in [-0.15, -0.1) is 0 Å². The molecule has 6 nitrogen and oxygen atoms in total. The van der Waals surface area contributed by atoms with E-state index in [-0.39, 0.29) is 36.9 Å². The predicted octanol–water partition coefficient (Wildman–Crippen LogP) is 3.96. The summed E-state index contributed by atoms with van der Waals surface area (Å²) in [7, 11) is 1.61. The number of hydrazone groups is 1. The third-order valence-electron chi connectivity index (χ3n) is 4.71. The molecule has 0 saturated heterocycles. The van der Waals surface area contributed by atoms with Crippen molar-refractivity contribution in [3.8, 4) is 5.75 Å². The van der Waals surface area contributed by atoms with Gasteiger partial charge in [0.2, 0.25) is 0 Å². The monoisotopic (exact) mass is 394 g/mol. The number of carbonyl (C=O) groups excluding carboxylic acids is 2. The zero-order valence-corrected chi connectivity index (χ0v) is 17.0. The molecular weight excluding hydrogens is 368 g/mol. The van der Waals surface area contributed by atoms with Crippen LogP contribution in [-0.2, 0) is 14.3 Å². The number of hydrogen-bond donors (Lipinski definition) is 0. The second-order valence-electron chi connectivity index (χ2n) is 7.40. The Morgan fingerprint density at radius 3 is 2.41 bits per heavy atom. The van der Waals surface area contributed by atoms with Crippen molar-refractivity contribution in [3.05, 3.63) is 65.7 Å². The molecule has 2 aromatic carbocycles. The van der Waals surface area contributed by atoms with Gasteiger partial charge < -0.3 is 9.47 Å². The lowest BCUT2D eigenvalue weighted by molar-refractivity contribution is -0.153. The van der Waals surface area contributed by atoms with Gasteiger partial charge in [0.25, 0.3) is 5.91 Å². The van der Waals surface area contributed by atoms with Crippen LogP contribution in [0.2, 0.25) is 0 Å². The fraction of sp³-hybridized carbons (Fsp3) is 0.348. The van der Waals surface area contributed by atoms with Crippen molar-refractivity contribution in [2.45, 2.75) is 32.7 Å². The third-order valence-corrected chi connectivity index (χ3v) is 4.71. The first-order valence-corrected chi connectivity index (χ1v) is 9.72. The standard InChI is InChI=1S/C23H26N2O4/c1-16(2)13-23(27)29-15-22(26)25-21(18-9-11-19(28-3)12-10-18)14-20(24-25)17-7-5-4-6-8-17/h4-12,16,21H,13-15H2,1-3H3. The summed E-state index contributed by atoms with van der Waals surface area (Å²) in [6, 6.07) is 17.1. The van der Waals surface area contributed by atoms with Crippen molar-refractivity contribution in [1.29, 1.82) is 0 Å². The summed E-state index contributed by atoms with van der Waals surface area (Å²) in [5, 5.41) is 6.01. The molecule has 3 rings (SSSR count). The normalized spacial score (nSPS) is 15.9. The van der Waals surface area contributed by atoms with E-state index in [1.54, 1.807) is 7.11 Å². The minimum Gasteiger partial charge on any atom is -0.497 e. The molecule has 29 heavy (non-hydrogen) atoms. The zero-order chi connectivity index (χ0) is 20.8. The van der Waals surface area contributed by atoms with Crippen molar-refractivity contribution < 1.29 is 19.1 Å². The summed E-state index contributed by atoms with van der Waals surface area (Å²) in [6.07, 6.45) is 0.871. The highest BCUT2D eigenvalue weighted by atomic mass is 16.5. The number of methoxy groups -OCH3 is 1. The minimum absolute atomic E-state index is 0.180. The molecule has 0 N–H and O–H groups in total. The summed E-state index contributed by atoms with van der Waals surface area (Å²) in [5.74, 6) is 0.213. The van der Waals surface area contributed by atoms with Gasteiger partial charge in [-0.3, -0.25) is 9.59 Å². The lowest BCUT2D eigenvalue weighted by atomic mass is 9.98. The molecular formula is C23H26N2O4. The largest absolute Gasteiger partial charge is 0.497 e. The van der Waals surface area contributed by atoms with Crippen LogP contribution in [0, 0.1) is 5.92 Å². The lowest BCUT2D eigenvalue weighted by Crippen LogP contribution is -2.31. The first-order valence-electron chi connectivity index (χ1n) is 9.72. The quantitative estimate of drug-likeness (QED) is 0.667. The van der Waals surface area contributed by atoms with Crippen LogP contribution in [0.15, 0.2) is 59.7 Å². The molecule has 0 bridgehead atoms. The van der Waals surface area contributed by atoms with Gasteiger partial charge in [-0.1, -0.05) is 56.3 Å². The lowest BCUT2D eigenvalue weighted by Gasteiger charge is -2.22. The van der Waals surface area contributed by atoms with Gasteiger partial charge in [0.1, 0.15) is 5.75 Å². The summed E-state index contributed by atoms with van der Waals surface area (Å²) in [6.45, 7) is 3.54. The van der Waals surface area contributed by atoms with Crippen LogP contribution in [0.4, 0.5) is 0 Å². The summed E-state index contributed by atoms with van der Waals surface area (Å²) < 4.78 is 10.4. The molecule has 0 aliphatic carbocycles. The predicted molar refractivity (Wildman–Crippen MR) is 111 cm³/mol. The van der Waals surface area contributed by atoms with Crippen molar-refractivity contribution in [3.63, 3.8) is 0 Å². The van der Waals surface area contributed by atoms with Gasteiger partial charge in [0.15, 0.2) is 6.61 Å². The molecule has 1 atom stereocenters. The Balaban J connectivity index is 1.80. The van der Waals surface area contributed by atoms with Gasteiger partial charge in [-0.05, 0) is 29.2 Å². The molecule has 0 radical (unpaired) electrons. The Morgan fingerprint density at radius 1 is 1.10 bits per heavy atom. The third kappa shape index (κ3) is 5.22. The van der Waals surface area contributed by atoms with Gasteiger partial charge in [0, 0.05) is 12.8 Å². The van der Waals surface area contributed by atoms with E-state index in [1.807, 2.05) is 68.4 Å². The molecule has 2 aromatic rings. The number of hydrogen-bond acceptors (Lipinski definition) is 5. The van der Waals surface area contributed by atoms with Gasteiger partial charge in [-0.25, -0.2) is 5.01 Å². The van der Waals surface area contributed by atoms with Crippen LogP contribution in [0.5, 0.6) is 5.75 Å². The Hall–Kier alpha value is -3.15. The van der Waals surface area contributed by atoms with E-state index >= 15 is 0 Å². The fourth-order valence-electron chi connectivity index (χ4n) is 3.23. The molecule has 0 fully saturated rings. The van der Waals surface area contributed by atoms with Crippen LogP contribution < -0.4 is 4.74 Å². The molecule has 1 heterocycles. The molecule has 1 aliphatic heterocycles. The first-order chi connectivity index (χ1) is 14.0. The van der Waals surface area contributed by atoms with E-state index in [0.29, 0.717) is 6.42 Å². The second kappa shape index (κ2) is 9.37. The van der Waals surface area contributed by atoms with E-state index in [2.05, 4.69) is 5.10 Å². The molecule has 0 spiro atoms. The summed E-state index contributed by atoms with van der Waals surface area (Å²) >= 11 is 0. The number of amides is 1. The Bertz CT molecular complexity index is 876. The highest BCUT2D eigenvalue weighted by molar-refractivity contribution is 6.03. The summed E-state index contributed by atoms with van der Waals surface area (Å²) in [4.78, 5) is 24.7. The van der Waals surface area contributed by atoms with E-state index in [9.17, 15) is 9.59 Å². The minimum atomic E-state index is -0.374. The Labute approximate surface area is 171 Å². The number of carbonyl (C=O) groups is 2. The van der Waals surface area contributed by atoms with E-state index in [0.717, 1.165) is 22.6 Å². The van der Waals surface area contributed by atoms with Gasteiger partial charge >= 0.3 is 5.97 Å². The number of benzene rings is 2. The smallest absolute Gasteiger partial charge is 0.306 e. The molecule has 0 aromatic heterocycles. The Kier molecular flexibility index (Phi) is 6.65. The van der Waals surface area contributed by atoms with Gasteiger partial charge in [-0.2, -0.15) is 5.10 Å². The van der Waals surface area contributed by atoms with E-state index in [4.69, 9.17) is 9.47 Å². The fourth-order valence-corrected chi connectivity index (χ4v) is 3.23. The summed E-state index contributed by atoms with van der Waals surface area (Å²) in [5.41, 5.74) is 2.74. The van der Waals surface area contributed by atoms with Gasteiger partial charge in [0.05, 0.1) is 18.9 Å². The number of nitrogens with zero attached hydrogens (tertiary/aromatic N) is 2. The van der Waals surface area contributed by atoms with Crippen LogP contribution in [0.25, 0.3) is 0 Å². The molecule has 1 unspecified atom stereocenters. The van der Waals surface area contributed by atoms with Crippen molar-refractivity contribution in [2.24, 2.45) is 11.0 Å². The van der Waals surface area contributed by atoms with Crippen LogP contribution >= 0.6 is 0 Å². The van der Waals surface area contributed by atoms with Crippen LogP contribution in [0.1, 0.15) is 43.9 Å². The van der Waals surface area contributed by atoms with E-state index < -0.39 is 0 Å². The molecule has 152 valence electrons. The Morgan fingerprint density at radius 2 is 1.79 bits per heavy atom. The molecule has 1 aliphatic rings. The maximum atomic E-state index is 12.8. The second-order valence-corrected chi connectivity index (χ2v) is 7.40. The van der Waals surface area contributed by atoms with Crippen molar-refractivity contribution in [2.75, 3.05) is 13.7 Å². The van der Waals surface area contributed by atoms with Crippen LogP contribution in [-0.4, -0.2) is 36.3 Å². The highest BCUT2D eigenvalue weighted by Gasteiger charge is 2.33. The molecule has 1 amide bonds. The first kappa shape index (κ1) is 20.6. The zero-order valence-electron chi connectivity index (χ0n) is 17.0. The average molecular weight is 394 g/mol. The molecule has 0 saturated carbocycles. The maximum absolute atomic E-state index is 12.8. The highest BCUT2D eigenvalue weighted by Crippen LogP contribution is 2.33. The molecule has 6 heteroatoms. The topological polar surface area (TPSA) is 68.2 Å². The van der Waals surface area contributed by atoms with Crippen LogP contribution in [0.3, 0.4) is 0 Å². The number of ether oxygens (including phenoxy) is 2. The van der Waals surface area contributed by atoms with E-state index in [1.165, 1.54) is 5.01 Å². The average Bonchev–Trinajstić information content (AvgIpc) is 3.18.